The molecule has 1 amide bonds. The van der Waals surface area contributed by atoms with Gasteiger partial charge in [0.2, 0.25) is 5.91 Å². The molecular weight excluding hydrogens is 244 g/mol. The second-order valence-electron chi connectivity index (χ2n) is 5.45. The summed E-state index contributed by atoms with van der Waals surface area (Å²) in [5.41, 5.74) is 3.26. The first-order chi connectivity index (χ1) is 9.11. The summed E-state index contributed by atoms with van der Waals surface area (Å²) in [6.07, 6.45) is 5.91. The molecule has 100 valence electrons. The summed E-state index contributed by atoms with van der Waals surface area (Å²) in [6.45, 7) is 0. The Morgan fingerprint density at radius 3 is 2.79 bits per heavy atom. The molecule has 2 aliphatic carbocycles. The average Bonchev–Trinajstić information content (AvgIpc) is 3.07. The van der Waals surface area contributed by atoms with Crippen molar-refractivity contribution in [2.24, 2.45) is 16.4 Å². The van der Waals surface area contributed by atoms with Crippen molar-refractivity contribution < 1.29 is 15.0 Å². The molecule has 0 saturated heterocycles. The smallest absolute Gasteiger partial charge is 0.243 e. The van der Waals surface area contributed by atoms with Crippen LogP contribution in [-0.2, 0) is 4.79 Å². The van der Waals surface area contributed by atoms with Crippen LogP contribution in [0, 0.1) is 11.3 Å². The summed E-state index contributed by atoms with van der Waals surface area (Å²) in [5, 5.41) is 22.5. The zero-order valence-corrected chi connectivity index (χ0v) is 10.5. The maximum absolute atomic E-state index is 11.8. The van der Waals surface area contributed by atoms with Crippen LogP contribution in [-0.4, -0.2) is 22.3 Å². The number of benzene rings is 1. The van der Waals surface area contributed by atoms with Crippen LogP contribution < -0.4 is 5.43 Å². The van der Waals surface area contributed by atoms with Crippen LogP contribution in [0.2, 0.25) is 0 Å². The third-order valence-electron chi connectivity index (χ3n) is 4.25. The average molecular weight is 260 g/mol. The summed E-state index contributed by atoms with van der Waals surface area (Å²) >= 11 is 0. The van der Waals surface area contributed by atoms with Crippen molar-refractivity contribution >= 4 is 12.1 Å². The lowest BCUT2D eigenvalue weighted by Crippen LogP contribution is -2.26. The zero-order valence-electron chi connectivity index (χ0n) is 10.5. The fraction of sp³-hybridized carbons (Fsp3) is 0.429. The molecule has 0 aromatic heterocycles. The summed E-state index contributed by atoms with van der Waals surface area (Å²) in [6, 6.07) is 4.21. The summed E-state index contributed by atoms with van der Waals surface area (Å²) < 4.78 is 0. The van der Waals surface area contributed by atoms with Gasteiger partial charge in [-0.2, -0.15) is 5.10 Å². The Morgan fingerprint density at radius 1 is 1.42 bits per heavy atom. The lowest BCUT2D eigenvalue weighted by molar-refractivity contribution is -0.123. The van der Waals surface area contributed by atoms with Gasteiger partial charge in [0.15, 0.2) is 0 Å². The number of phenolic OH excluding ortho intramolecular Hbond substituents is 2. The minimum atomic E-state index is -0.0696. The maximum atomic E-state index is 11.8. The largest absolute Gasteiger partial charge is 0.508 e. The molecule has 5 heteroatoms. The van der Waals surface area contributed by atoms with E-state index in [0.29, 0.717) is 11.0 Å². The molecular formula is C14H16N2O3. The Labute approximate surface area is 111 Å². The van der Waals surface area contributed by atoms with Gasteiger partial charge in [-0.1, -0.05) is 6.42 Å². The van der Waals surface area contributed by atoms with Gasteiger partial charge in [0.05, 0.1) is 6.21 Å². The van der Waals surface area contributed by atoms with Gasteiger partial charge in [0.1, 0.15) is 11.5 Å². The molecule has 1 aromatic rings. The molecule has 1 unspecified atom stereocenters. The molecule has 0 radical (unpaired) electrons. The van der Waals surface area contributed by atoms with Crippen molar-refractivity contribution in [3.8, 4) is 11.5 Å². The number of carbonyl (C=O) groups excluding carboxylic acids is 1. The van der Waals surface area contributed by atoms with Gasteiger partial charge < -0.3 is 10.2 Å². The number of nitrogens with zero attached hydrogens (tertiary/aromatic N) is 1. The van der Waals surface area contributed by atoms with Crippen LogP contribution in [0.4, 0.5) is 0 Å². The van der Waals surface area contributed by atoms with Crippen LogP contribution in [0.3, 0.4) is 0 Å². The number of hydrogen-bond donors (Lipinski definition) is 3. The zero-order chi connectivity index (χ0) is 13.5. The van der Waals surface area contributed by atoms with E-state index in [4.69, 9.17) is 5.11 Å². The van der Waals surface area contributed by atoms with Gasteiger partial charge >= 0.3 is 0 Å². The Kier molecular flexibility index (Phi) is 2.69. The van der Waals surface area contributed by atoms with Crippen molar-refractivity contribution in [2.75, 3.05) is 0 Å². The highest BCUT2D eigenvalue weighted by Gasteiger charge is 2.60. The number of phenols is 2. The van der Waals surface area contributed by atoms with Gasteiger partial charge in [0.25, 0.3) is 0 Å². The van der Waals surface area contributed by atoms with Gasteiger partial charge in [-0.3, -0.25) is 4.79 Å². The first-order valence-corrected chi connectivity index (χ1v) is 6.46. The van der Waals surface area contributed by atoms with Gasteiger partial charge in [-0.25, -0.2) is 5.43 Å². The first-order valence-electron chi connectivity index (χ1n) is 6.46. The van der Waals surface area contributed by atoms with E-state index in [0.717, 1.165) is 19.3 Å². The van der Waals surface area contributed by atoms with E-state index >= 15 is 0 Å². The van der Waals surface area contributed by atoms with Crippen LogP contribution in [0.15, 0.2) is 23.3 Å². The Hall–Kier alpha value is -2.04. The molecule has 19 heavy (non-hydrogen) atoms. The summed E-state index contributed by atoms with van der Waals surface area (Å²) in [4.78, 5) is 11.8. The standard InChI is InChI=1S/C14H16N2O3/c17-10-3-2-9(12(18)6-10)8-15-16-13(19)11-7-14(11)4-1-5-14/h2-3,6,8,11,17-18H,1,4-5,7H2,(H,16,19). The first kappa shape index (κ1) is 12.0. The normalized spacial score (nSPS) is 23.3. The second kappa shape index (κ2) is 4.26. The second-order valence-corrected chi connectivity index (χ2v) is 5.45. The lowest BCUT2D eigenvalue weighted by Gasteiger charge is -2.25. The number of aromatic hydroxyl groups is 2. The molecule has 3 N–H and O–H groups in total. The van der Waals surface area contributed by atoms with Crippen molar-refractivity contribution in [3.05, 3.63) is 23.8 Å². The third-order valence-corrected chi connectivity index (χ3v) is 4.25. The Balaban J connectivity index is 1.57. The fourth-order valence-corrected chi connectivity index (χ4v) is 2.79. The number of amides is 1. The molecule has 0 heterocycles. The Morgan fingerprint density at radius 2 is 2.21 bits per heavy atom. The van der Waals surface area contributed by atoms with Crippen LogP contribution in [0.5, 0.6) is 11.5 Å². The fourth-order valence-electron chi connectivity index (χ4n) is 2.79. The molecule has 2 saturated carbocycles. The maximum Gasteiger partial charge on any atom is 0.243 e. The molecule has 5 nitrogen and oxygen atoms in total. The monoisotopic (exact) mass is 260 g/mol. The topological polar surface area (TPSA) is 81.9 Å². The molecule has 1 spiro atoms. The molecule has 2 fully saturated rings. The number of nitrogens with one attached hydrogen (secondary N) is 1. The van der Waals surface area contributed by atoms with E-state index in [9.17, 15) is 9.90 Å². The van der Waals surface area contributed by atoms with Crippen LogP contribution in [0.25, 0.3) is 0 Å². The minimum absolute atomic E-state index is 0.0106. The molecule has 2 aliphatic rings. The van der Waals surface area contributed by atoms with Crippen molar-refractivity contribution in [2.45, 2.75) is 25.7 Å². The number of hydrazone groups is 1. The lowest BCUT2D eigenvalue weighted by atomic mass is 9.80. The number of hydrogen-bond acceptors (Lipinski definition) is 4. The molecule has 3 rings (SSSR count). The highest BCUT2D eigenvalue weighted by Crippen LogP contribution is 2.65. The van der Waals surface area contributed by atoms with E-state index in [2.05, 4.69) is 10.5 Å². The quantitative estimate of drug-likeness (QED) is 0.572. The third kappa shape index (κ3) is 2.16. The van der Waals surface area contributed by atoms with Gasteiger partial charge in [-0.15, -0.1) is 0 Å². The highest BCUT2D eigenvalue weighted by atomic mass is 16.3. The van der Waals surface area contributed by atoms with E-state index in [-0.39, 0.29) is 23.3 Å². The minimum Gasteiger partial charge on any atom is -0.508 e. The van der Waals surface area contributed by atoms with Crippen molar-refractivity contribution in [3.63, 3.8) is 0 Å². The molecule has 1 aromatic carbocycles. The van der Waals surface area contributed by atoms with E-state index in [1.807, 2.05) is 0 Å². The number of rotatable bonds is 3. The van der Waals surface area contributed by atoms with E-state index in [1.165, 1.54) is 30.8 Å². The van der Waals surface area contributed by atoms with Gasteiger partial charge in [-0.05, 0) is 36.8 Å². The van der Waals surface area contributed by atoms with Crippen LogP contribution >= 0.6 is 0 Å². The Bertz CT molecular complexity index is 550. The van der Waals surface area contributed by atoms with Crippen molar-refractivity contribution in [1.82, 2.24) is 5.43 Å². The SMILES string of the molecule is O=C(NN=Cc1ccc(O)cc1O)C1CC12CCC2. The van der Waals surface area contributed by atoms with E-state index in [1.54, 1.807) is 0 Å². The number of carbonyl (C=O) groups is 1. The molecule has 0 aliphatic heterocycles. The van der Waals surface area contributed by atoms with Crippen LogP contribution in [0.1, 0.15) is 31.2 Å². The highest BCUT2D eigenvalue weighted by molar-refractivity contribution is 5.87. The van der Waals surface area contributed by atoms with Gasteiger partial charge in [0, 0.05) is 17.5 Å². The van der Waals surface area contributed by atoms with Crippen molar-refractivity contribution in [1.29, 1.82) is 0 Å². The molecule has 1 atom stereocenters. The predicted molar refractivity (Wildman–Crippen MR) is 69.9 cm³/mol. The summed E-state index contributed by atoms with van der Waals surface area (Å²) in [7, 11) is 0. The molecule has 0 bridgehead atoms. The predicted octanol–water partition coefficient (Wildman–Crippen LogP) is 1.74. The summed E-state index contributed by atoms with van der Waals surface area (Å²) in [5.74, 6) is 0.00417. The van der Waals surface area contributed by atoms with E-state index < -0.39 is 0 Å².